The predicted molar refractivity (Wildman–Crippen MR) is 59.4 cm³/mol. The SMILES string of the molecule is CCN1CCC(CNCC(C)(C)O)C1. The van der Waals surface area contributed by atoms with Gasteiger partial charge in [0, 0.05) is 13.1 Å². The highest BCUT2D eigenvalue weighted by molar-refractivity contribution is 4.77. The Morgan fingerprint density at radius 2 is 2.21 bits per heavy atom. The van der Waals surface area contributed by atoms with Crippen molar-refractivity contribution in [3.05, 3.63) is 0 Å². The second kappa shape index (κ2) is 5.10. The van der Waals surface area contributed by atoms with Crippen LogP contribution in [0.5, 0.6) is 0 Å². The summed E-state index contributed by atoms with van der Waals surface area (Å²) >= 11 is 0. The van der Waals surface area contributed by atoms with E-state index in [2.05, 4.69) is 17.1 Å². The molecule has 14 heavy (non-hydrogen) atoms. The van der Waals surface area contributed by atoms with Crippen molar-refractivity contribution in [2.24, 2.45) is 5.92 Å². The molecule has 2 N–H and O–H groups in total. The lowest BCUT2D eigenvalue weighted by Gasteiger charge is -2.19. The first-order valence-corrected chi connectivity index (χ1v) is 5.66. The zero-order valence-electron chi connectivity index (χ0n) is 9.71. The quantitative estimate of drug-likeness (QED) is 0.685. The van der Waals surface area contributed by atoms with Crippen molar-refractivity contribution >= 4 is 0 Å². The second-order valence-corrected chi connectivity index (χ2v) is 4.99. The molecule has 1 aliphatic heterocycles. The molecule has 1 aliphatic rings. The first kappa shape index (κ1) is 12.0. The van der Waals surface area contributed by atoms with Gasteiger partial charge in [0.05, 0.1) is 5.60 Å². The number of nitrogens with zero attached hydrogens (tertiary/aromatic N) is 1. The van der Waals surface area contributed by atoms with Crippen molar-refractivity contribution in [2.45, 2.75) is 32.8 Å². The summed E-state index contributed by atoms with van der Waals surface area (Å²) in [7, 11) is 0. The molecular weight excluding hydrogens is 176 g/mol. The monoisotopic (exact) mass is 200 g/mol. The highest BCUT2D eigenvalue weighted by Crippen LogP contribution is 2.14. The number of aliphatic hydroxyl groups is 1. The third kappa shape index (κ3) is 4.40. The minimum atomic E-state index is -0.580. The molecule has 1 unspecified atom stereocenters. The van der Waals surface area contributed by atoms with Crippen molar-refractivity contribution in [1.82, 2.24) is 10.2 Å². The molecule has 1 saturated heterocycles. The van der Waals surface area contributed by atoms with Gasteiger partial charge in [0.2, 0.25) is 0 Å². The zero-order chi connectivity index (χ0) is 10.6. The molecule has 0 aliphatic carbocycles. The van der Waals surface area contributed by atoms with Gasteiger partial charge < -0.3 is 15.3 Å². The smallest absolute Gasteiger partial charge is 0.0715 e. The Bertz CT molecular complexity index is 165. The summed E-state index contributed by atoms with van der Waals surface area (Å²) in [6.07, 6.45) is 1.30. The number of nitrogens with one attached hydrogen (secondary N) is 1. The molecule has 84 valence electrons. The fraction of sp³-hybridized carbons (Fsp3) is 1.00. The van der Waals surface area contributed by atoms with Crippen molar-refractivity contribution < 1.29 is 5.11 Å². The van der Waals surface area contributed by atoms with Crippen LogP contribution in [0.25, 0.3) is 0 Å². The van der Waals surface area contributed by atoms with Crippen LogP contribution in [0.3, 0.4) is 0 Å². The maximum absolute atomic E-state index is 9.52. The maximum Gasteiger partial charge on any atom is 0.0715 e. The lowest BCUT2D eigenvalue weighted by Crippen LogP contribution is -2.37. The predicted octanol–water partition coefficient (Wildman–Crippen LogP) is 0.689. The van der Waals surface area contributed by atoms with Crippen LogP contribution < -0.4 is 5.32 Å². The van der Waals surface area contributed by atoms with Gasteiger partial charge in [0.1, 0.15) is 0 Å². The summed E-state index contributed by atoms with van der Waals surface area (Å²) in [5.41, 5.74) is -0.580. The van der Waals surface area contributed by atoms with Gasteiger partial charge in [-0.25, -0.2) is 0 Å². The molecule has 3 heteroatoms. The van der Waals surface area contributed by atoms with Gasteiger partial charge in [-0.3, -0.25) is 0 Å². The minimum absolute atomic E-state index is 0.580. The largest absolute Gasteiger partial charge is 0.389 e. The van der Waals surface area contributed by atoms with E-state index < -0.39 is 5.60 Å². The topological polar surface area (TPSA) is 35.5 Å². The van der Waals surface area contributed by atoms with Crippen molar-refractivity contribution in [1.29, 1.82) is 0 Å². The van der Waals surface area contributed by atoms with Crippen LogP contribution in [0.1, 0.15) is 27.2 Å². The molecule has 0 aromatic rings. The third-order valence-electron chi connectivity index (χ3n) is 2.81. The van der Waals surface area contributed by atoms with E-state index >= 15 is 0 Å². The molecule has 0 bridgehead atoms. The molecular formula is C11H24N2O. The van der Waals surface area contributed by atoms with Crippen LogP contribution in [-0.4, -0.2) is 48.3 Å². The van der Waals surface area contributed by atoms with Crippen LogP contribution in [-0.2, 0) is 0 Å². The van der Waals surface area contributed by atoms with Crippen molar-refractivity contribution in [3.63, 3.8) is 0 Å². The molecule has 0 radical (unpaired) electrons. The molecule has 0 amide bonds. The van der Waals surface area contributed by atoms with Gasteiger partial charge in [-0.15, -0.1) is 0 Å². The molecule has 0 spiro atoms. The Morgan fingerprint density at radius 3 is 2.71 bits per heavy atom. The van der Waals surface area contributed by atoms with E-state index in [4.69, 9.17) is 0 Å². The Hall–Kier alpha value is -0.120. The van der Waals surface area contributed by atoms with Gasteiger partial charge in [-0.2, -0.15) is 0 Å². The van der Waals surface area contributed by atoms with Crippen LogP contribution in [0.4, 0.5) is 0 Å². The molecule has 1 fully saturated rings. The number of likely N-dealkylation sites (tertiary alicyclic amines) is 1. The third-order valence-corrected chi connectivity index (χ3v) is 2.81. The van der Waals surface area contributed by atoms with Crippen molar-refractivity contribution in [3.8, 4) is 0 Å². The van der Waals surface area contributed by atoms with Gasteiger partial charge in [0.15, 0.2) is 0 Å². The highest BCUT2D eigenvalue weighted by Gasteiger charge is 2.21. The van der Waals surface area contributed by atoms with E-state index in [-0.39, 0.29) is 0 Å². The van der Waals surface area contributed by atoms with E-state index in [0.717, 1.165) is 12.5 Å². The van der Waals surface area contributed by atoms with E-state index in [0.29, 0.717) is 6.54 Å². The standard InChI is InChI=1S/C11H24N2O/c1-4-13-6-5-10(8-13)7-12-9-11(2,3)14/h10,12,14H,4-9H2,1-3H3. The molecule has 0 saturated carbocycles. The average molecular weight is 200 g/mol. The number of rotatable bonds is 5. The lowest BCUT2D eigenvalue weighted by atomic mass is 10.1. The van der Waals surface area contributed by atoms with Gasteiger partial charge in [0.25, 0.3) is 0 Å². The number of hydrogen-bond donors (Lipinski definition) is 2. The zero-order valence-corrected chi connectivity index (χ0v) is 9.71. The number of hydrogen-bond acceptors (Lipinski definition) is 3. The fourth-order valence-electron chi connectivity index (χ4n) is 1.95. The second-order valence-electron chi connectivity index (χ2n) is 4.99. The summed E-state index contributed by atoms with van der Waals surface area (Å²) in [4.78, 5) is 2.48. The van der Waals surface area contributed by atoms with E-state index in [1.165, 1.54) is 26.1 Å². The molecule has 0 aromatic heterocycles. The van der Waals surface area contributed by atoms with Gasteiger partial charge >= 0.3 is 0 Å². The first-order chi connectivity index (χ1) is 6.51. The lowest BCUT2D eigenvalue weighted by molar-refractivity contribution is 0.0788. The summed E-state index contributed by atoms with van der Waals surface area (Å²) in [6.45, 7) is 11.3. The summed E-state index contributed by atoms with van der Waals surface area (Å²) in [6, 6.07) is 0. The first-order valence-electron chi connectivity index (χ1n) is 5.66. The normalized spacial score (nSPS) is 24.4. The van der Waals surface area contributed by atoms with Crippen LogP contribution in [0.15, 0.2) is 0 Å². The van der Waals surface area contributed by atoms with Crippen LogP contribution in [0.2, 0.25) is 0 Å². The summed E-state index contributed by atoms with van der Waals surface area (Å²) in [5, 5.41) is 12.9. The van der Waals surface area contributed by atoms with E-state index in [1.807, 2.05) is 13.8 Å². The average Bonchev–Trinajstić information content (AvgIpc) is 2.50. The highest BCUT2D eigenvalue weighted by atomic mass is 16.3. The van der Waals surface area contributed by atoms with Gasteiger partial charge in [-0.1, -0.05) is 6.92 Å². The maximum atomic E-state index is 9.52. The molecule has 1 rings (SSSR count). The molecule has 1 heterocycles. The van der Waals surface area contributed by atoms with Crippen molar-refractivity contribution in [2.75, 3.05) is 32.7 Å². The Balaban J connectivity index is 2.09. The summed E-state index contributed by atoms with van der Waals surface area (Å²) in [5.74, 6) is 0.775. The van der Waals surface area contributed by atoms with Crippen LogP contribution in [0, 0.1) is 5.92 Å². The summed E-state index contributed by atoms with van der Waals surface area (Å²) < 4.78 is 0. The fourth-order valence-corrected chi connectivity index (χ4v) is 1.95. The van der Waals surface area contributed by atoms with Gasteiger partial charge in [-0.05, 0) is 45.8 Å². The Kier molecular flexibility index (Phi) is 4.35. The molecule has 1 atom stereocenters. The molecule has 3 nitrogen and oxygen atoms in total. The Morgan fingerprint density at radius 1 is 1.50 bits per heavy atom. The molecule has 0 aromatic carbocycles. The van der Waals surface area contributed by atoms with Crippen LogP contribution >= 0.6 is 0 Å². The Labute approximate surface area is 87.5 Å². The van der Waals surface area contributed by atoms with E-state index in [9.17, 15) is 5.11 Å². The minimum Gasteiger partial charge on any atom is -0.389 e. The van der Waals surface area contributed by atoms with E-state index in [1.54, 1.807) is 0 Å².